The summed E-state index contributed by atoms with van der Waals surface area (Å²) in [5.74, 6) is -1.25. The molecule has 3 N–H and O–H groups in total. The number of urea groups is 1. The molecular formula is C20H16F5N3O3. The summed E-state index contributed by atoms with van der Waals surface area (Å²) in [6, 6.07) is 7.88. The van der Waals surface area contributed by atoms with Crippen molar-refractivity contribution in [2.45, 2.75) is 25.8 Å². The van der Waals surface area contributed by atoms with Gasteiger partial charge in [0.25, 0.3) is 5.91 Å². The van der Waals surface area contributed by atoms with Crippen LogP contribution in [0.2, 0.25) is 0 Å². The maximum absolute atomic E-state index is 13.3. The van der Waals surface area contributed by atoms with Crippen LogP contribution in [0.25, 0.3) is 0 Å². The molecule has 1 unspecified atom stereocenters. The molecule has 31 heavy (non-hydrogen) atoms. The number of nitrogens with one attached hydrogen (secondary N) is 3. The minimum atomic E-state index is -4.72. The number of hydrogen-bond donors (Lipinski definition) is 3. The van der Waals surface area contributed by atoms with Crippen LogP contribution in [0, 0.1) is 0 Å². The lowest BCUT2D eigenvalue weighted by atomic mass is 9.94. The minimum Gasteiger partial charge on any atom is -0.434 e. The second-order valence-corrected chi connectivity index (χ2v) is 6.48. The Morgan fingerprint density at radius 2 is 1.74 bits per heavy atom. The van der Waals surface area contributed by atoms with Crippen LogP contribution in [0.1, 0.15) is 24.1 Å². The highest BCUT2D eigenvalue weighted by Gasteiger charge is 2.36. The highest BCUT2D eigenvalue weighted by atomic mass is 19.4. The van der Waals surface area contributed by atoms with Crippen LogP contribution in [0.4, 0.5) is 32.4 Å². The molecule has 0 aliphatic carbocycles. The number of amides is 3. The summed E-state index contributed by atoms with van der Waals surface area (Å²) in [5.41, 5.74) is -1.64. The van der Waals surface area contributed by atoms with Gasteiger partial charge in [-0.2, -0.15) is 22.0 Å². The zero-order valence-electron chi connectivity index (χ0n) is 15.9. The topological polar surface area (TPSA) is 79.5 Å². The summed E-state index contributed by atoms with van der Waals surface area (Å²) in [4.78, 5) is 24.9. The number of carbonyl (C=O) groups is 2. The van der Waals surface area contributed by atoms with Crippen molar-refractivity contribution < 1.29 is 36.3 Å². The molecule has 2 aromatic rings. The molecule has 0 aromatic heterocycles. The molecule has 0 bridgehead atoms. The van der Waals surface area contributed by atoms with Crippen molar-refractivity contribution in [3.05, 3.63) is 70.9 Å². The summed E-state index contributed by atoms with van der Waals surface area (Å²) >= 11 is 0. The van der Waals surface area contributed by atoms with Crippen molar-refractivity contribution >= 4 is 17.6 Å². The Kier molecular flexibility index (Phi) is 6.14. The number of benzene rings is 2. The third-order valence-electron chi connectivity index (χ3n) is 4.44. The first kappa shape index (κ1) is 22.1. The van der Waals surface area contributed by atoms with Crippen LogP contribution >= 0.6 is 0 Å². The van der Waals surface area contributed by atoms with Gasteiger partial charge in [0.05, 0.1) is 22.9 Å². The molecule has 1 atom stereocenters. The number of allylic oxidation sites excluding steroid dienone is 1. The molecule has 1 aliphatic rings. The Balaban J connectivity index is 2.02. The largest absolute Gasteiger partial charge is 0.434 e. The highest BCUT2D eigenvalue weighted by molar-refractivity contribution is 6.07. The van der Waals surface area contributed by atoms with Gasteiger partial charge >= 0.3 is 18.8 Å². The first-order valence-electron chi connectivity index (χ1n) is 8.87. The minimum absolute atomic E-state index is 0.0336. The molecule has 3 amide bonds. The standard InChI is InChI=1S/C20H16F5N3O3/c1-10-15(17(29)27-13-8-4-3-7-12(13)20(23,24)25)16(28-19(30)26-10)11-6-2-5-9-14(11)31-18(21)22/h2-9,16,18H,1H3,(H,27,29)(H2,26,28,30). The lowest BCUT2D eigenvalue weighted by molar-refractivity contribution is -0.137. The van der Waals surface area contributed by atoms with E-state index in [1.54, 1.807) is 0 Å². The van der Waals surface area contributed by atoms with Gasteiger partial charge in [0, 0.05) is 11.3 Å². The molecule has 0 saturated carbocycles. The van der Waals surface area contributed by atoms with Crippen molar-refractivity contribution in [1.82, 2.24) is 10.6 Å². The van der Waals surface area contributed by atoms with Crippen LogP contribution in [0.5, 0.6) is 5.75 Å². The third kappa shape index (κ3) is 4.93. The Morgan fingerprint density at radius 3 is 2.42 bits per heavy atom. The number of alkyl halides is 5. The lowest BCUT2D eigenvalue weighted by Crippen LogP contribution is -2.46. The summed E-state index contributed by atoms with van der Waals surface area (Å²) in [7, 11) is 0. The van der Waals surface area contributed by atoms with Crippen LogP contribution in [-0.4, -0.2) is 18.5 Å². The van der Waals surface area contributed by atoms with Crippen molar-refractivity contribution in [3.8, 4) is 5.75 Å². The third-order valence-corrected chi connectivity index (χ3v) is 4.44. The average molecular weight is 441 g/mol. The Bertz CT molecular complexity index is 1040. The maximum atomic E-state index is 13.3. The second kappa shape index (κ2) is 8.62. The van der Waals surface area contributed by atoms with Gasteiger partial charge < -0.3 is 20.7 Å². The number of rotatable bonds is 5. The number of anilines is 1. The van der Waals surface area contributed by atoms with E-state index in [-0.39, 0.29) is 22.6 Å². The van der Waals surface area contributed by atoms with Crippen molar-refractivity contribution in [3.63, 3.8) is 0 Å². The normalized spacial score (nSPS) is 16.6. The van der Waals surface area contributed by atoms with Crippen molar-refractivity contribution in [1.29, 1.82) is 0 Å². The van der Waals surface area contributed by atoms with Crippen LogP contribution < -0.4 is 20.7 Å². The van der Waals surface area contributed by atoms with E-state index in [1.807, 2.05) is 0 Å². The van der Waals surface area contributed by atoms with Gasteiger partial charge in [0.1, 0.15) is 5.75 Å². The fourth-order valence-electron chi connectivity index (χ4n) is 3.18. The first-order chi connectivity index (χ1) is 14.6. The fourth-order valence-corrected chi connectivity index (χ4v) is 3.18. The van der Waals surface area contributed by atoms with E-state index in [9.17, 15) is 31.5 Å². The molecular weight excluding hydrogens is 425 g/mol. The van der Waals surface area contributed by atoms with Gasteiger partial charge in [-0.25, -0.2) is 4.79 Å². The lowest BCUT2D eigenvalue weighted by Gasteiger charge is -2.30. The van der Waals surface area contributed by atoms with Gasteiger partial charge in [-0.1, -0.05) is 30.3 Å². The molecule has 2 aromatic carbocycles. The average Bonchev–Trinajstić information content (AvgIpc) is 2.66. The van der Waals surface area contributed by atoms with Crippen molar-refractivity contribution in [2.24, 2.45) is 0 Å². The summed E-state index contributed by atoms with van der Waals surface area (Å²) in [6.45, 7) is -1.80. The number of para-hydroxylation sites is 2. The van der Waals surface area contributed by atoms with Crippen molar-refractivity contribution in [2.75, 3.05) is 5.32 Å². The molecule has 0 spiro atoms. The molecule has 0 radical (unpaired) electrons. The van der Waals surface area contributed by atoms with E-state index in [1.165, 1.54) is 43.3 Å². The van der Waals surface area contributed by atoms with E-state index in [2.05, 4.69) is 20.7 Å². The van der Waals surface area contributed by atoms with Crippen LogP contribution in [-0.2, 0) is 11.0 Å². The summed E-state index contributed by atoms with van der Waals surface area (Å²) < 4.78 is 69.9. The number of hydrogen-bond acceptors (Lipinski definition) is 3. The molecule has 0 fully saturated rings. The van der Waals surface area contributed by atoms with Gasteiger partial charge in [-0.3, -0.25) is 4.79 Å². The molecule has 11 heteroatoms. The zero-order chi connectivity index (χ0) is 22.8. The Labute approximate surface area is 173 Å². The molecule has 1 aliphatic heterocycles. The monoisotopic (exact) mass is 441 g/mol. The summed E-state index contributed by atoms with van der Waals surface area (Å²) in [6.07, 6.45) is -4.72. The SMILES string of the molecule is CC1=C(C(=O)Nc2ccccc2C(F)(F)F)C(c2ccccc2OC(F)F)NC(=O)N1. The van der Waals surface area contributed by atoms with Gasteiger partial charge in [-0.05, 0) is 25.1 Å². The number of carbonyl (C=O) groups excluding carboxylic acids is 2. The predicted molar refractivity (Wildman–Crippen MR) is 100 cm³/mol. The maximum Gasteiger partial charge on any atom is 0.418 e. The molecule has 0 saturated heterocycles. The smallest absolute Gasteiger partial charge is 0.418 e. The molecule has 164 valence electrons. The van der Waals surface area contributed by atoms with E-state index >= 15 is 0 Å². The molecule has 3 rings (SSSR count). The highest BCUT2D eigenvalue weighted by Crippen LogP contribution is 2.37. The summed E-state index contributed by atoms with van der Waals surface area (Å²) in [5, 5.41) is 6.98. The number of ether oxygens (including phenoxy) is 1. The quantitative estimate of drug-likeness (QED) is 0.595. The Hall–Kier alpha value is -3.63. The van der Waals surface area contributed by atoms with Gasteiger partial charge in [-0.15, -0.1) is 0 Å². The fraction of sp³-hybridized carbons (Fsp3) is 0.200. The molecule has 6 nitrogen and oxygen atoms in total. The van der Waals surface area contributed by atoms with E-state index in [0.29, 0.717) is 0 Å². The van der Waals surface area contributed by atoms with Gasteiger partial charge in [0.15, 0.2) is 0 Å². The second-order valence-electron chi connectivity index (χ2n) is 6.48. The zero-order valence-corrected chi connectivity index (χ0v) is 15.9. The van der Waals surface area contributed by atoms with E-state index in [4.69, 9.17) is 0 Å². The predicted octanol–water partition coefficient (Wildman–Crippen LogP) is 4.57. The van der Waals surface area contributed by atoms with Crippen LogP contribution in [0.15, 0.2) is 59.8 Å². The molecule has 1 heterocycles. The van der Waals surface area contributed by atoms with Gasteiger partial charge in [0.2, 0.25) is 0 Å². The van der Waals surface area contributed by atoms with E-state index in [0.717, 1.165) is 12.1 Å². The van der Waals surface area contributed by atoms with Crippen LogP contribution in [0.3, 0.4) is 0 Å². The first-order valence-corrected chi connectivity index (χ1v) is 8.87. The Morgan fingerprint density at radius 1 is 1.10 bits per heavy atom. The van der Waals surface area contributed by atoms with E-state index < -0.39 is 42.0 Å². The number of halogens is 5.